The van der Waals surface area contributed by atoms with Crippen LogP contribution in [0.15, 0.2) is 35.7 Å². The number of hydrogen-bond acceptors (Lipinski definition) is 4. The predicted octanol–water partition coefficient (Wildman–Crippen LogP) is 4.23. The zero-order valence-corrected chi connectivity index (χ0v) is 11.6. The summed E-state index contributed by atoms with van der Waals surface area (Å²) < 4.78 is 15.1. The van der Waals surface area contributed by atoms with Crippen molar-refractivity contribution < 1.29 is 9.18 Å². The molecule has 0 aliphatic rings. The number of hydrogen-bond donors (Lipinski definition) is 1. The van der Waals surface area contributed by atoms with Crippen molar-refractivity contribution in [3.05, 3.63) is 52.0 Å². The van der Waals surface area contributed by atoms with Crippen LogP contribution < -0.4 is 5.32 Å². The third-order valence-electron chi connectivity index (χ3n) is 2.71. The highest BCUT2D eigenvalue weighted by Crippen LogP contribution is 2.30. The van der Waals surface area contributed by atoms with Gasteiger partial charge < -0.3 is 5.32 Å². The Morgan fingerprint density at radius 3 is 2.85 bits per heavy atom. The van der Waals surface area contributed by atoms with Crippen LogP contribution in [0.4, 0.5) is 10.1 Å². The highest BCUT2D eigenvalue weighted by molar-refractivity contribution is 7.27. The van der Waals surface area contributed by atoms with Gasteiger partial charge in [0.2, 0.25) is 0 Å². The predicted molar refractivity (Wildman–Crippen MR) is 78.8 cm³/mol. The van der Waals surface area contributed by atoms with Gasteiger partial charge in [-0.1, -0.05) is 0 Å². The lowest BCUT2D eigenvalue weighted by Crippen LogP contribution is -2.11. The normalized spacial score (nSPS) is 10.4. The molecule has 3 aromatic rings. The molecule has 6 heteroatoms. The van der Waals surface area contributed by atoms with Crippen LogP contribution in [0.3, 0.4) is 0 Å². The summed E-state index contributed by atoms with van der Waals surface area (Å²) in [6.07, 6.45) is 0. The molecule has 0 aliphatic heterocycles. The number of nitriles is 1. The molecule has 0 bridgehead atoms. The summed E-state index contributed by atoms with van der Waals surface area (Å²) in [6, 6.07) is 9.34. The second kappa shape index (κ2) is 5.04. The van der Waals surface area contributed by atoms with Crippen LogP contribution in [0, 0.1) is 17.1 Å². The lowest BCUT2D eigenvalue weighted by molar-refractivity contribution is 0.103. The summed E-state index contributed by atoms with van der Waals surface area (Å²) in [7, 11) is 0. The largest absolute Gasteiger partial charge is 0.320 e. The molecule has 20 heavy (non-hydrogen) atoms. The van der Waals surface area contributed by atoms with E-state index in [0.717, 1.165) is 15.5 Å². The first-order valence-electron chi connectivity index (χ1n) is 5.65. The van der Waals surface area contributed by atoms with Crippen molar-refractivity contribution in [1.82, 2.24) is 0 Å². The van der Waals surface area contributed by atoms with E-state index in [-0.39, 0.29) is 11.5 Å². The first kappa shape index (κ1) is 12.8. The highest BCUT2D eigenvalue weighted by atomic mass is 32.1. The molecule has 0 spiro atoms. The van der Waals surface area contributed by atoms with E-state index in [1.165, 1.54) is 23.5 Å². The van der Waals surface area contributed by atoms with Gasteiger partial charge in [-0.2, -0.15) is 5.26 Å². The smallest absolute Gasteiger partial charge is 0.265 e. The molecule has 0 saturated heterocycles. The van der Waals surface area contributed by atoms with E-state index in [2.05, 4.69) is 5.32 Å². The molecule has 98 valence electrons. The van der Waals surface area contributed by atoms with Crippen LogP contribution in [0.2, 0.25) is 0 Å². The summed E-state index contributed by atoms with van der Waals surface area (Å²) in [4.78, 5) is 12.7. The molecule has 1 aromatic carbocycles. The van der Waals surface area contributed by atoms with Crippen molar-refractivity contribution in [2.24, 2.45) is 0 Å². The quantitative estimate of drug-likeness (QED) is 0.770. The molecule has 0 fully saturated rings. The fraction of sp³-hybridized carbons (Fsp3) is 0. The van der Waals surface area contributed by atoms with Gasteiger partial charge in [-0.3, -0.25) is 4.79 Å². The summed E-state index contributed by atoms with van der Waals surface area (Å²) in [5, 5.41) is 13.6. The van der Waals surface area contributed by atoms with E-state index in [4.69, 9.17) is 5.26 Å². The van der Waals surface area contributed by atoms with Crippen molar-refractivity contribution in [1.29, 1.82) is 5.26 Å². The fourth-order valence-corrected chi connectivity index (χ4v) is 3.78. The molecular formula is C14H7FN2OS2. The van der Waals surface area contributed by atoms with Crippen molar-refractivity contribution >= 4 is 43.7 Å². The average molecular weight is 302 g/mol. The Morgan fingerprint density at radius 2 is 2.10 bits per heavy atom. The molecule has 0 saturated carbocycles. The standard InChI is InChI=1S/C14H7FN2OS2/c15-9-1-2-10(8(5-9)7-16)17-14(18)13-6-12-11(20-13)3-4-19-12/h1-6H,(H,17,18). The molecule has 1 amide bonds. The Labute approximate surface area is 121 Å². The highest BCUT2D eigenvalue weighted by Gasteiger charge is 2.13. The van der Waals surface area contributed by atoms with Crippen LogP contribution in [0.1, 0.15) is 15.2 Å². The topological polar surface area (TPSA) is 52.9 Å². The third kappa shape index (κ3) is 2.29. The van der Waals surface area contributed by atoms with Crippen molar-refractivity contribution in [3.63, 3.8) is 0 Å². The molecule has 2 heterocycles. The van der Waals surface area contributed by atoms with Gasteiger partial charge in [0.05, 0.1) is 16.1 Å². The van der Waals surface area contributed by atoms with Crippen molar-refractivity contribution in [3.8, 4) is 6.07 Å². The lowest BCUT2D eigenvalue weighted by Gasteiger charge is -2.05. The Morgan fingerprint density at radius 1 is 1.25 bits per heavy atom. The van der Waals surface area contributed by atoms with Gasteiger partial charge in [0, 0.05) is 9.40 Å². The first-order valence-corrected chi connectivity index (χ1v) is 7.35. The second-order valence-electron chi connectivity index (χ2n) is 4.02. The third-order valence-corrected chi connectivity index (χ3v) is 4.81. The number of nitrogens with zero attached hydrogens (tertiary/aromatic N) is 1. The SMILES string of the molecule is N#Cc1cc(F)ccc1NC(=O)c1cc2sccc2s1. The van der Waals surface area contributed by atoms with Gasteiger partial charge in [0.15, 0.2) is 0 Å². The number of carbonyl (C=O) groups excluding carboxylic acids is 1. The number of amides is 1. The molecule has 1 N–H and O–H groups in total. The minimum Gasteiger partial charge on any atom is -0.320 e. The maximum absolute atomic E-state index is 13.0. The van der Waals surface area contributed by atoms with Crippen molar-refractivity contribution in [2.45, 2.75) is 0 Å². The van der Waals surface area contributed by atoms with Gasteiger partial charge >= 0.3 is 0 Å². The van der Waals surface area contributed by atoms with E-state index in [9.17, 15) is 9.18 Å². The number of anilines is 1. The van der Waals surface area contributed by atoms with Crippen LogP contribution in [-0.4, -0.2) is 5.91 Å². The summed E-state index contributed by atoms with van der Waals surface area (Å²) in [5.41, 5.74) is 0.423. The Bertz CT molecular complexity index is 816. The van der Waals surface area contributed by atoms with Gasteiger partial charge in [-0.05, 0) is 35.7 Å². The number of fused-ring (bicyclic) bond motifs is 1. The minimum absolute atomic E-state index is 0.108. The zero-order valence-electron chi connectivity index (χ0n) is 10.0. The summed E-state index contributed by atoms with van der Waals surface area (Å²) in [6.45, 7) is 0. The van der Waals surface area contributed by atoms with Gasteiger partial charge in [0.25, 0.3) is 5.91 Å². The van der Waals surface area contributed by atoms with E-state index in [0.29, 0.717) is 10.6 Å². The van der Waals surface area contributed by atoms with Gasteiger partial charge in [-0.25, -0.2) is 4.39 Å². The van der Waals surface area contributed by atoms with Crippen molar-refractivity contribution in [2.75, 3.05) is 5.32 Å². The van der Waals surface area contributed by atoms with E-state index in [1.54, 1.807) is 11.3 Å². The first-order chi connectivity index (χ1) is 9.67. The minimum atomic E-state index is -0.504. The number of carbonyl (C=O) groups is 1. The van der Waals surface area contributed by atoms with E-state index < -0.39 is 5.82 Å². The van der Waals surface area contributed by atoms with Gasteiger partial charge in [0.1, 0.15) is 11.9 Å². The maximum atomic E-state index is 13.0. The molecule has 3 rings (SSSR count). The number of benzene rings is 1. The molecule has 0 unspecified atom stereocenters. The molecule has 2 aromatic heterocycles. The van der Waals surface area contributed by atoms with Crippen LogP contribution >= 0.6 is 22.7 Å². The van der Waals surface area contributed by atoms with Gasteiger partial charge in [-0.15, -0.1) is 22.7 Å². The molecule has 0 atom stereocenters. The number of halogens is 1. The lowest BCUT2D eigenvalue weighted by atomic mass is 10.2. The van der Waals surface area contributed by atoms with Crippen LogP contribution in [-0.2, 0) is 0 Å². The summed E-state index contributed by atoms with van der Waals surface area (Å²) in [5.74, 6) is -0.794. The van der Waals surface area contributed by atoms with Crippen LogP contribution in [0.5, 0.6) is 0 Å². The van der Waals surface area contributed by atoms with E-state index >= 15 is 0 Å². The fourth-order valence-electron chi connectivity index (χ4n) is 1.78. The molecule has 0 radical (unpaired) electrons. The summed E-state index contributed by atoms with van der Waals surface area (Å²) >= 11 is 2.96. The molecular weight excluding hydrogens is 295 g/mol. The van der Waals surface area contributed by atoms with E-state index in [1.807, 2.05) is 23.6 Å². The maximum Gasteiger partial charge on any atom is 0.265 e. The number of thiophene rings is 2. The zero-order chi connectivity index (χ0) is 14.1. The second-order valence-corrected chi connectivity index (χ2v) is 6.05. The van der Waals surface area contributed by atoms with Crippen LogP contribution in [0.25, 0.3) is 9.40 Å². The Kier molecular flexibility index (Phi) is 3.22. The Hall–Kier alpha value is -2.23. The molecule has 0 aliphatic carbocycles. The molecule has 3 nitrogen and oxygen atoms in total. The average Bonchev–Trinajstić information content (AvgIpc) is 3.01. The number of rotatable bonds is 2. The number of nitrogens with one attached hydrogen (secondary N) is 1. The Balaban J connectivity index is 1.89. The monoisotopic (exact) mass is 302 g/mol.